The van der Waals surface area contributed by atoms with Crippen LogP contribution < -0.4 is 0 Å². The van der Waals surface area contributed by atoms with Gasteiger partial charge in [0.05, 0.1) is 6.61 Å². The van der Waals surface area contributed by atoms with Crippen molar-refractivity contribution >= 4 is 6.16 Å². The molecule has 0 spiro atoms. The van der Waals surface area contributed by atoms with Gasteiger partial charge in [0.15, 0.2) is 0 Å². The van der Waals surface area contributed by atoms with Crippen molar-refractivity contribution in [2.24, 2.45) is 5.92 Å². The monoisotopic (exact) mass is 230 g/mol. The Hall–Kier alpha value is -0.770. The fourth-order valence-corrected chi connectivity index (χ4v) is 1.98. The molecule has 1 saturated carbocycles. The first-order chi connectivity index (χ1) is 7.76. The Bertz CT molecular complexity index is 195. The van der Waals surface area contributed by atoms with Crippen LogP contribution in [0.1, 0.15) is 45.4 Å². The lowest BCUT2D eigenvalue weighted by Crippen LogP contribution is -2.22. The van der Waals surface area contributed by atoms with Crippen molar-refractivity contribution in [1.82, 2.24) is 0 Å². The summed E-state index contributed by atoms with van der Waals surface area (Å²) in [7, 11) is 1.52. The zero-order chi connectivity index (χ0) is 11.8. The lowest BCUT2D eigenvalue weighted by molar-refractivity contribution is -0.106. The van der Waals surface area contributed by atoms with Crippen LogP contribution in [0.25, 0.3) is 0 Å². The molecule has 0 aromatic rings. The van der Waals surface area contributed by atoms with E-state index in [1.165, 1.54) is 26.4 Å². The number of hydrogen-bond donors (Lipinski definition) is 0. The van der Waals surface area contributed by atoms with E-state index in [-0.39, 0.29) is 0 Å². The van der Waals surface area contributed by atoms with E-state index in [1.54, 1.807) is 0 Å². The fraction of sp³-hybridized carbons (Fsp3) is 0.917. The predicted octanol–water partition coefficient (Wildman–Crippen LogP) is 3.10. The number of hydrogen-bond acceptors (Lipinski definition) is 4. The van der Waals surface area contributed by atoms with Crippen molar-refractivity contribution in [3.8, 4) is 0 Å². The number of rotatable bonds is 5. The first-order valence-corrected chi connectivity index (χ1v) is 6.12. The van der Waals surface area contributed by atoms with Gasteiger partial charge in [-0.3, -0.25) is 0 Å². The van der Waals surface area contributed by atoms with Crippen LogP contribution in [0.4, 0.5) is 4.79 Å². The second-order valence-electron chi connectivity index (χ2n) is 4.26. The average Bonchev–Trinajstić information content (AvgIpc) is 2.34. The van der Waals surface area contributed by atoms with Gasteiger partial charge in [-0.25, -0.2) is 4.79 Å². The van der Waals surface area contributed by atoms with E-state index in [0.717, 1.165) is 12.8 Å². The van der Waals surface area contributed by atoms with Crippen LogP contribution in [0.5, 0.6) is 0 Å². The molecule has 1 rings (SSSR count). The van der Waals surface area contributed by atoms with Gasteiger partial charge in [-0.1, -0.05) is 26.2 Å². The van der Waals surface area contributed by atoms with Gasteiger partial charge < -0.3 is 14.2 Å². The number of carbonyl (C=O) groups is 1. The van der Waals surface area contributed by atoms with E-state index < -0.39 is 12.4 Å². The highest BCUT2D eigenvalue weighted by Crippen LogP contribution is 2.23. The summed E-state index contributed by atoms with van der Waals surface area (Å²) in [5.74, 6) is 0.518. The maximum Gasteiger partial charge on any atom is 0.510 e. The first-order valence-electron chi connectivity index (χ1n) is 6.12. The van der Waals surface area contributed by atoms with Crippen molar-refractivity contribution in [3.05, 3.63) is 0 Å². The fourth-order valence-electron chi connectivity index (χ4n) is 1.98. The summed E-state index contributed by atoms with van der Waals surface area (Å²) in [5.41, 5.74) is 0. The highest BCUT2D eigenvalue weighted by Gasteiger charge is 2.17. The van der Waals surface area contributed by atoms with Crippen LogP contribution >= 0.6 is 0 Å². The number of ether oxygens (including phenoxy) is 3. The zero-order valence-corrected chi connectivity index (χ0v) is 10.2. The molecule has 16 heavy (non-hydrogen) atoms. The predicted molar refractivity (Wildman–Crippen MR) is 60.1 cm³/mol. The van der Waals surface area contributed by atoms with Crippen LogP contribution in [-0.2, 0) is 14.2 Å². The Labute approximate surface area is 97.2 Å². The van der Waals surface area contributed by atoms with E-state index >= 15 is 0 Å². The zero-order valence-electron chi connectivity index (χ0n) is 10.2. The van der Waals surface area contributed by atoms with Gasteiger partial charge >= 0.3 is 6.16 Å². The van der Waals surface area contributed by atoms with Gasteiger partial charge in [0.25, 0.3) is 0 Å². The van der Waals surface area contributed by atoms with Crippen molar-refractivity contribution < 1.29 is 19.0 Å². The van der Waals surface area contributed by atoms with Crippen molar-refractivity contribution in [2.45, 2.75) is 51.7 Å². The summed E-state index contributed by atoms with van der Waals surface area (Å²) in [5, 5.41) is 0. The Balaban J connectivity index is 2.13. The van der Waals surface area contributed by atoms with Crippen LogP contribution in [0, 0.1) is 5.92 Å². The maximum atomic E-state index is 11.3. The normalized spacial score (nSPS) is 19.1. The van der Waals surface area contributed by atoms with E-state index in [1.807, 2.05) is 6.92 Å². The molecule has 94 valence electrons. The van der Waals surface area contributed by atoms with E-state index in [0.29, 0.717) is 18.9 Å². The SMILES string of the molecule is CCC(OC)OC(=O)OCC1CCCCC1. The van der Waals surface area contributed by atoms with E-state index in [9.17, 15) is 4.79 Å². The molecule has 0 amide bonds. The molecule has 0 saturated heterocycles. The first kappa shape index (κ1) is 13.3. The molecule has 1 atom stereocenters. The van der Waals surface area contributed by atoms with Gasteiger partial charge in [-0.2, -0.15) is 0 Å². The summed E-state index contributed by atoms with van der Waals surface area (Å²) in [6, 6.07) is 0. The van der Waals surface area contributed by atoms with E-state index in [2.05, 4.69) is 0 Å². The molecule has 1 fully saturated rings. The molecule has 1 unspecified atom stereocenters. The van der Waals surface area contributed by atoms with Crippen molar-refractivity contribution in [3.63, 3.8) is 0 Å². The van der Waals surface area contributed by atoms with Crippen molar-refractivity contribution in [1.29, 1.82) is 0 Å². The van der Waals surface area contributed by atoms with Gasteiger partial charge in [-0.15, -0.1) is 0 Å². The standard InChI is InChI=1S/C12H22O4/c1-3-11(14-2)16-12(13)15-9-10-7-5-4-6-8-10/h10-11H,3-9H2,1-2H3. The highest BCUT2D eigenvalue weighted by molar-refractivity contribution is 5.59. The molecule has 4 nitrogen and oxygen atoms in total. The number of methoxy groups -OCH3 is 1. The Morgan fingerprint density at radius 1 is 1.31 bits per heavy atom. The van der Waals surface area contributed by atoms with Crippen LogP contribution in [0.2, 0.25) is 0 Å². The van der Waals surface area contributed by atoms with Crippen molar-refractivity contribution in [2.75, 3.05) is 13.7 Å². The Morgan fingerprint density at radius 2 is 2.00 bits per heavy atom. The quantitative estimate of drug-likeness (QED) is 0.537. The Morgan fingerprint density at radius 3 is 2.56 bits per heavy atom. The molecular weight excluding hydrogens is 208 g/mol. The third-order valence-corrected chi connectivity index (χ3v) is 2.99. The minimum Gasteiger partial charge on any atom is -0.434 e. The largest absolute Gasteiger partial charge is 0.510 e. The topological polar surface area (TPSA) is 44.8 Å². The number of carbonyl (C=O) groups excluding carboxylic acids is 1. The summed E-state index contributed by atoms with van der Waals surface area (Å²) < 4.78 is 15.0. The summed E-state index contributed by atoms with van der Waals surface area (Å²) >= 11 is 0. The van der Waals surface area contributed by atoms with Crippen LogP contribution in [-0.4, -0.2) is 26.2 Å². The molecule has 1 aliphatic rings. The summed E-state index contributed by atoms with van der Waals surface area (Å²) in [6.07, 6.45) is 5.66. The average molecular weight is 230 g/mol. The molecule has 0 aromatic heterocycles. The van der Waals surface area contributed by atoms with Gasteiger partial charge in [-0.05, 0) is 18.8 Å². The second kappa shape index (κ2) is 7.49. The van der Waals surface area contributed by atoms with Gasteiger partial charge in [0.1, 0.15) is 0 Å². The molecule has 0 bridgehead atoms. The molecule has 0 aliphatic heterocycles. The highest BCUT2D eigenvalue weighted by atomic mass is 16.8. The Kier molecular flexibility index (Phi) is 6.23. The molecule has 0 N–H and O–H groups in total. The third kappa shape index (κ3) is 4.84. The summed E-state index contributed by atoms with van der Waals surface area (Å²) in [4.78, 5) is 11.3. The molecule has 0 aromatic carbocycles. The molecule has 4 heteroatoms. The lowest BCUT2D eigenvalue weighted by Gasteiger charge is -2.21. The molecule has 0 radical (unpaired) electrons. The maximum absolute atomic E-state index is 11.3. The summed E-state index contributed by atoms with van der Waals surface area (Å²) in [6.45, 7) is 2.38. The van der Waals surface area contributed by atoms with E-state index in [4.69, 9.17) is 14.2 Å². The second-order valence-corrected chi connectivity index (χ2v) is 4.26. The lowest BCUT2D eigenvalue weighted by atomic mass is 9.90. The molecular formula is C12H22O4. The molecule has 0 heterocycles. The minimum absolute atomic E-state index is 0.485. The van der Waals surface area contributed by atoms with Crippen LogP contribution in [0.15, 0.2) is 0 Å². The smallest absolute Gasteiger partial charge is 0.434 e. The third-order valence-electron chi connectivity index (χ3n) is 2.99. The van der Waals surface area contributed by atoms with Gasteiger partial charge in [0, 0.05) is 13.5 Å². The minimum atomic E-state index is -0.612. The van der Waals surface area contributed by atoms with Crippen LogP contribution in [0.3, 0.4) is 0 Å². The molecule has 1 aliphatic carbocycles. The van der Waals surface area contributed by atoms with Gasteiger partial charge in [0.2, 0.25) is 6.29 Å².